The Labute approximate surface area is 147 Å². The first-order chi connectivity index (χ1) is 11.9. The van der Waals surface area contributed by atoms with Crippen molar-refractivity contribution in [3.63, 3.8) is 0 Å². The normalized spacial score (nSPS) is 11.5. The number of aldehydes is 1. The van der Waals surface area contributed by atoms with E-state index in [1.807, 2.05) is 67.9 Å². The number of carbonyl (C=O) groups is 2. The summed E-state index contributed by atoms with van der Waals surface area (Å²) < 4.78 is 7.42. The van der Waals surface area contributed by atoms with E-state index in [2.05, 4.69) is 0 Å². The van der Waals surface area contributed by atoms with Gasteiger partial charge in [-0.1, -0.05) is 30.3 Å². The monoisotopic (exact) mass is 335 g/mol. The van der Waals surface area contributed by atoms with Gasteiger partial charge in [-0.3, -0.25) is 4.79 Å². The second-order valence-corrected chi connectivity index (χ2v) is 7.05. The van der Waals surface area contributed by atoms with Crippen LogP contribution in [0.5, 0.6) is 0 Å². The van der Waals surface area contributed by atoms with Crippen LogP contribution >= 0.6 is 0 Å². The Bertz CT molecular complexity index is 914. The third-order valence-corrected chi connectivity index (χ3v) is 3.89. The van der Waals surface area contributed by atoms with Gasteiger partial charge in [0.2, 0.25) is 0 Å². The zero-order valence-corrected chi connectivity index (χ0v) is 14.7. The van der Waals surface area contributed by atoms with Crippen LogP contribution in [-0.2, 0) is 11.3 Å². The lowest BCUT2D eigenvalue weighted by Gasteiger charge is -2.19. The van der Waals surface area contributed by atoms with E-state index in [9.17, 15) is 9.59 Å². The Morgan fingerprint density at radius 1 is 1.08 bits per heavy atom. The molecule has 0 saturated heterocycles. The van der Waals surface area contributed by atoms with Gasteiger partial charge in [0.15, 0.2) is 6.29 Å². The SMILES string of the molecule is CC(C)(C)OC(=O)c1ccc(Cn2cc(C=O)c3ccccc32)cc1. The van der Waals surface area contributed by atoms with Crippen molar-refractivity contribution in [3.8, 4) is 0 Å². The van der Waals surface area contributed by atoms with Gasteiger partial charge in [-0.2, -0.15) is 0 Å². The molecule has 1 heterocycles. The zero-order chi connectivity index (χ0) is 18.0. The summed E-state index contributed by atoms with van der Waals surface area (Å²) >= 11 is 0. The number of esters is 1. The number of aromatic nitrogens is 1. The Kier molecular flexibility index (Phi) is 4.45. The molecule has 0 amide bonds. The molecular weight excluding hydrogens is 314 g/mol. The van der Waals surface area contributed by atoms with Crippen LogP contribution in [-0.4, -0.2) is 22.4 Å². The van der Waals surface area contributed by atoms with Gasteiger partial charge < -0.3 is 9.30 Å². The number of carbonyl (C=O) groups excluding carboxylic acids is 2. The topological polar surface area (TPSA) is 48.3 Å². The van der Waals surface area contributed by atoms with Gasteiger partial charge in [0, 0.05) is 29.2 Å². The Hall–Kier alpha value is -2.88. The van der Waals surface area contributed by atoms with Gasteiger partial charge in [-0.05, 0) is 44.5 Å². The maximum atomic E-state index is 12.1. The van der Waals surface area contributed by atoms with E-state index >= 15 is 0 Å². The second kappa shape index (κ2) is 6.55. The van der Waals surface area contributed by atoms with Gasteiger partial charge in [-0.25, -0.2) is 4.79 Å². The van der Waals surface area contributed by atoms with E-state index in [0.717, 1.165) is 22.8 Å². The molecule has 4 heteroatoms. The minimum Gasteiger partial charge on any atom is -0.456 e. The number of para-hydroxylation sites is 1. The summed E-state index contributed by atoms with van der Waals surface area (Å²) in [5.41, 5.74) is 2.77. The smallest absolute Gasteiger partial charge is 0.338 e. The summed E-state index contributed by atoms with van der Waals surface area (Å²) in [4.78, 5) is 23.3. The summed E-state index contributed by atoms with van der Waals surface area (Å²) in [7, 11) is 0. The molecule has 4 nitrogen and oxygen atoms in total. The highest BCUT2D eigenvalue weighted by Gasteiger charge is 2.17. The van der Waals surface area contributed by atoms with Crippen LogP contribution in [0.3, 0.4) is 0 Å². The maximum Gasteiger partial charge on any atom is 0.338 e. The quantitative estimate of drug-likeness (QED) is 0.522. The Morgan fingerprint density at radius 3 is 2.40 bits per heavy atom. The van der Waals surface area contributed by atoms with Crippen molar-refractivity contribution in [2.45, 2.75) is 32.9 Å². The van der Waals surface area contributed by atoms with E-state index < -0.39 is 5.60 Å². The van der Waals surface area contributed by atoms with Gasteiger partial charge in [0.1, 0.15) is 5.60 Å². The van der Waals surface area contributed by atoms with Crippen molar-refractivity contribution in [1.29, 1.82) is 0 Å². The molecule has 3 aromatic rings. The molecule has 0 radical (unpaired) electrons. The summed E-state index contributed by atoms with van der Waals surface area (Å²) in [6.07, 6.45) is 2.74. The largest absolute Gasteiger partial charge is 0.456 e. The molecule has 2 aromatic carbocycles. The van der Waals surface area contributed by atoms with E-state index in [4.69, 9.17) is 4.74 Å². The van der Waals surface area contributed by atoms with Crippen molar-refractivity contribution in [2.75, 3.05) is 0 Å². The predicted molar refractivity (Wildman–Crippen MR) is 98.0 cm³/mol. The van der Waals surface area contributed by atoms with Crippen molar-refractivity contribution in [2.24, 2.45) is 0 Å². The molecule has 0 bridgehead atoms. The molecule has 0 aliphatic rings. The van der Waals surface area contributed by atoms with E-state index in [1.165, 1.54) is 0 Å². The van der Waals surface area contributed by atoms with E-state index in [1.54, 1.807) is 12.1 Å². The molecule has 3 rings (SSSR count). The minimum atomic E-state index is -0.509. The van der Waals surface area contributed by atoms with Crippen LogP contribution in [0.1, 0.15) is 47.1 Å². The van der Waals surface area contributed by atoms with Crippen molar-refractivity contribution >= 4 is 23.2 Å². The van der Waals surface area contributed by atoms with Crippen LogP contribution in [0.15, 0.2) is 54.7 Å². The fraction of sp³-hybridized carbons (Fsp3) is 0.238. The van der Waals surface area contributed by atoms with Crippen LogP contribution < -0.4 is 0 Å². The summed E-state index contributed by atoms with van der Waals surface area (Å²) in [5.74, 6) is -0.325. The molecule has 0 atom stereocenters. The highest BCUT2D eigenvalue weighted by molar-refractivity contribution is 5.97. The van der Waals surface area contributed by atoms with Gasteiger partial charge in [-0.15, -0.1) is 0 Å². The number of hydrogen-bond donors (Lipinski definition) is 0. The first-order valence-corrected chi connectivity index (χ1v) is 8.23. The fourth-order valence-electron chi connectivity index (χ4n) is 2.78. The van der Waals surface area contributed by atoms with Crippen LogP contribution in [0.25, 0.3) is 10.9 Å². The lowest BCUT2D eigenvalue weighted by atomic mass is 10.1. The summed E-state index contributed by atoms with van der Waals surface area (Å²) in [6.45, 7) is 6.17. The Morgan fingerprint density at radius 2 is 1.76 bits per heavy atom. The molecule has 0 fully saturated rings. The lowest BCUT2D eigenvalue weighted by Crippen LogP contribution is -2.23. The highest BCUT2D eigenvalue weighted by Crippen LogP contribution is 2.21. The van der Waals surface area contributed by atoms with Crippen molar-refractivity contribution in [1.82, 2.24) is 4.57 Å². The third-order valence-electron chi connectivity index (χ3n) is 3.89. The molecule has 25 heavy (non-hydrogen) atoms. The average molecular weight is 335 g/mol. The zero-order valence-electron chi connectivity index (χ0n) is 14.7. The predicted octanol–water partition coefficient (Wildman–Crippen LogP) is 4.46. The van der Waals surface area contributed by atoms with E-state index in [-0.39, 0.29) is 5.97 Å². The lowest BCUT2D eigenvalue weighted by molar-refractivity contribution is 0.00694. The van der Waals surface area contributed by atoms with Crippen molar-refractivity contribution < 1.29 is 14.3 Å². The number of hydrogen-bond acceptors (Lipinski definition) is 3. The molecule has 0 N–H and O–H groups in total. The van der Waals surface area contributed by atoms with E-state index in [0.29, 0.717) is 17.7 Å². The highest BCUT2D eigenvalue weighted by atomic mass is 16.6. The first kappa shape index (κ1) is 17.0. The minimum absolute atomic E-state index is 0.325. The summed E-state index contributed by atoms with van der Waals surface area (Å²) in [6, 6.07) is 15.2. The molecule has 0 saturated carbocycles. The second-order valence-electron chi connectivity index (χ2n) is 7.05. The standard InChI is InChI=1S/C21H21NO3/c1-21(2,3)25-20(24)16-10-8-15(9-11-16)12-22-13-17(14-23)18-6-4-5-7-19(18)22/h4-11,13-14H,12H2,1-3H3. The van der Waals surface area contributed by atoms with Gasteiger partial charge in [0.25, 0.3) is 0 Å². The molecule has 1 aromatic heterocycles. The summed E-state index contributed by atoms with van der Waals surface area (Å²) in [5, 5.41) is 0.947. The van der Waals surface area contributed by atoms with Crippen molar-refractivity contribution in [3.05, 3.63) is 71.4 Å². The van der Waals surface area contributed by atoms with Gasteiger partial charge >= 0.3 is 5.97 Å². The first-order valence-electron chi connectivity index (χ1n) is 8.23. The number of ether oxygens (including phenoxy) is 1. The number of benzene rings is 2. The average Bonchev–Trinajstić information content (AvgIpc) is 2.92. The number of rotatable bonds is 4. The number of fused-ring (bicyclic) bond motifs is 1. The number of nitrogens with zero attached hydrogens (tertiary/aromatic N) is 1. The Balaban J connectivity index is 1.83. The van der Waals surface area contributed by atoms with Crippen LogP contribution in [0.4, 0.5) is 0 Å². The maximum absolute atomic E-state index is 12.1. The van der Waals surface area contributed by atoms with Crippen LogP contribution in [0, 0.1) is 0 Å². The molecule has 0 aliphatic heterocycles. The van der Waals surface area contributed by atoms with Crippen LogP contribution in [0.2, 0.25) is 0 Å². The molecule has 0 aliphatic carbocycles. The molecule has 0 unspecified atom stereocenters. The molecule has 128 valence electrons. The third kappa shape index (κ3) is 3.79. The molecular formula is C21H21NO3. The van der Waals surface area contributed by atoms with Gasteiger partial charge in [0.05, 0.1) is 5.56 Å². The fourth-order valence-corrected chi connectivity index (χ4v) is 2.78. The molecule has 0 spiro atoms.